The zero-order valence-electron chi connectivity index (χ0n) is 21.6. The smallest absolute Gasteiger partial charge is 0.265 e. The lowest BCUT2D eigenvalue weighted by Crippen LogP contribution is -2.22. The van der Waals surface area contributed by atoms with Gasteiger partial charge in [0.15, 0.2) is 11.6 Å². The maximum Gasteiger partial charge on any atom is 0.265 e. The number of hydrogen-bond donors (Lipinski definition) is 1. The number of fused-ring (bicyclic) bond motifs is 2. The SMILES string of the molecule is COc1c2cccnc2c(OC(c2ccccc2)c2ccccc2)c2c(=O)n(Cc3ccc(F)cc3)c(O)cc12. The van der Waals surface area contributed by atoms with E-state index in [-0.39, 0.29) is 29.4 Å². The van der Waals surface area contributed by atoms with E-state index in [2.05, 4.69) is 4.98 Å². The van der Waals surface area contributed by atoms with E-state index in [4.69, 9.17) is 9.47 Å². The quantitative estimate of drug-likeness (QED) is 0.234. The van der Waals surface area contributed by atoms with Gasteiger partial charge in [0.25, 0.3) is 5.56 Å². The van der Waals surface area contributed by atoms with E-state index in [1.165, 1.54) is 29.9 Å². The van der Waals surface area contributed by atoms with Crippen LogP contribution in [-0.4, -0.2) is 21.8 Å². The largest absolute Gasteiger partial charge is 0.495 e. The van der Waals surface area contributed by atoms with E-state index in [9.17, 15) is 14.3 Å². The molecule has 0 amide bonds. The number of nitrogens with zero attached hydrogens (tertiary/aromatic N) is 2. The molecular formula is C33H25FN2O4. The standard InChI is InChI=1S/C33H25FN2O4/c1-39-31-25-13-8-18-35-29(25)32(40-30(22-9-4-2-5-10-22)23-11-6-3-7-12-23)28-26(31)19-27(37)36(33(28)38)20-21-14-16-24(34)17-15-21/h2-19,30,37H,20H2,1H3. The third kappa shape index (κ3) is 4.52. The molecule has 4 aromatic carbocycles. The van der Waals surface area contributed by atoms with Crippen molar-refractivity contribution in [1.29, 1.82) is 0 Å². The maximum absolute atomic E-state index is 14.2. The summed E-state index contributed by atoms with van der Waals surface area (Å²) in [6.07, 6.45) is 1.08. The van der Waals surface area contributed by atoms with Crippen LogP contribution in [0.1, 0.15) is 22.8 Å². The molecule has 0 fully saturated rings. The van der Waals surface area contributed by atoms with Gasteiger partial charge in [-0.3, -0.25) is 14.3 Å². The summed E-state index contributed by atoms with van der Waals surface area (Å²) in [5.41, 5.74) is 2.41. The summed E-state index contributed by atoms with van der Waals surface area (Å²) in [5.74, 6) is 0.0476. The summed E-state index contributed by atoms with van der Waals surface area (Å²) in [7, 11) is 1.51. The molecule has 0 aliphatic rings. The monoisotopic (exact) mass is 532 g/mol. The Morgan fingerprint density at radius 2 is 1.50 bits per heavy atom. The molecular weight excluding hydrogens is 507 g/mol. The summed E-state index contributed by atoms with van der Waals surface area (Å²) < 4.78 is 27.3. The van der Waals surface area contributed by atoms with Crippen molar-refractivity contribution >= 4 is 21.7 Å². The molecule has 7 heteroatoms. The first kappa shape index (κ1) is 25.1. The van der Waals surface area contributed by atoms with Crippen LogP contribution in [0.15, 0.2) is 114 Å². The highest BCUT2D eigenvalue weighted by atomic mass is 19.1. The minimum Gasteiger partial charge on any atom is -0.495 e. The molecule has 1 N–H and O–H groups in total. The molecule has 6 aromatic rings. The van der Waals surface area contributed by atoms with Gasteiger partial charge < -0.3 is 14.6 Å². The van der Waals surface area contributed by atoms with Crippen LogP contribution in [0.5, 0.6) is 17.4 Å². The number of ether oxygens (including phenoxy) is 2. The van der Waals surface area contributed by atoms with Crippen molar-refractivity contribution in [3.05, 3.63) is 142 Å². The summed E-state index contributed by atoms with van der Waals surface area (Å²) >= 11 is 0. The zero-order chi connectivity index (χ0) is 27.6. The number of methoxy groups -OCH3 is 1. The normalized spacial score (nSPS) is 11.3. The number of pyridine rings is 2. The van der Waals surface area contributed by atoms with E-state index in [1.807, 2.05) is 66.7 Å². The molecule has 0 aliphatic carbocycles. The molecule has 0 radical (unpaired) electrons. The highest BCUT2D eigenvalue weighted by molar-refractivity contribution is 6.09. The van der Waals surface area contributed by atoms with E-state index in [0.717, 1.165) is 11.1 Å². The second kappa shape index (κ2) is 10.5. The van der Waals surface area contributed by atoms with Crippen LogP contribution in [0.3, 0.4) is 0 Å². The molecule has 2 heterocycles. The van der Waals surface area contributed by atoms with Crippen LogP contribution >= 0.6 is 0 Å². The number of benzene rings is 4. The van der Waals surface area contributed by atoms with Crippen LogP contribution in [0.25, 0.3) is 21.7 Å². The van der Waals surface area contributed by atoms with Crippen molar-refractivity contribution in [2.75, 3.05) is 7.11 Å². The number of rotatable bonds is 7. The second-order valence-corrected chi connectivity index (χ2v) is 9.39. The zero-order valence-corrected chi connectivity index (χ0v) is 21.6. The predicted octanol–water partition coefficient (Wildman–Crippen LogP) is 6.62. The number of halogens is 1. The highest BCUT2D eigenvalue weighted by Gasteiger charge is 2.26. The van der Waals surface area contributed by atoms with Gasteiger partial charge in [0.2, 0.25) is 0 Å². The summed E-state index contributed by atoms with van der Waals surface area (Å²) in [5, 5.41) is 12.3. The number of aromatic hydroxyl groups is 1. The molecule has 198 valence electrons. The van der Waals surface area contributed by atoms with Crippen molar-refractivity contribution < 1.29 is 19.0 Å². The van der Waals surface area contributed by atoms with Gasteiger partial charge in [0.05, 0.1) is 19.0 Å². The molecule has 6 nitrogen and oxygen atoms in total. The lowest BCUT2D eigenvalue weighted by molar-refractivity contribution is 0.252. The first-order valence-corrected chi connectivity index (χ1v) is 12.8. The van der Waals surface area contributed by atoms with Crippen LogP contribution in [0.4, 0.5) is 4.39 Å². The van der Waals surface area contributed by atoms with Crippen molar-refractivity contribution in [2.45, 2.75) is 12.6 Å². The highest BCUT2D eigenvalue weighted by Crippen LogP contribution is 2.43. The first-order chi connectivity index (χ1) is 19.5. The van der Waals surface area contributed by atoms with Crippen molar-refractivity contribution in [3.63, 3.8) is 0 Å². The van der Waals surface area contributed by atoms with E-state index in [1.54, 1.807) is 24.4 Å². The number of aromatic nitrogens is 2. The van der Waals surface area contributed by atoms with E-state index >= 15 is 0 Å². The average Bonchev–Trinajstić information content (AvgIpc) is 2.99. The van der Waals surface area contributed by atoms with Gasteiger partial charge in [-0.25, -0.2) is 4.39 Å². The van der Waals surface area contributed by atoms with Gasteiger partial charge in [-0.15, -0.1) is 0 Å². The second-order valence-electron chi connectivity index (χ2n) is 9.39. The minimum atomic E-state index is -0.553. The third-order valence-corrected chi connectivity index (χ3v) is 6.92. The fourth-order valence-corrected chi connectivity index (χ4v) is 5.03. The van der Waals surface area contributed by atoms with Gasteiger partial charge in [0.1, 0.15) is 23.2 Å². The Balaban J connectivity index is 1.64. The van der Waals surface area contributed by atoms with Crippen molar-refractivity contribution in [3.8, 4) is 17.4 Å². The summed E-state index contributed by atoms with van der Waals surface area (Å²) in [4.78, 5) is 18.8. The van der Waals surface area contributed by atoms with Gasteiger partial charge in [-0.05, 0) is 41.0 Å². The molecule has 0 aliphatic heterocycles. The molecule has 2 aromatic heterocycles. The lowest BCUT2D eigenvalue weighted by atomic mass is 10.0. The summed E-state index contributed by atoms with van der Waals surface area (Å²) in [6.45, 7) is 0.0314. The molecule has 40 heavy (non-hydrogen) atoms. The average molecular weight is 533 g/mol. The maximum atomic E-state index is 14.2. The molecule has 6 rings (SSSR count). The Morgan fingerprint density at radius 3 is 2.12 bits per heavy atom. The van der Waals surface area contributed by atoms with Crippen molar-refractivity contribution in [2.24, 2.45) is 0 Å². The van der Waals surface area contributed by atoms with Gasteiger partial charge in [-0.1, -0.05) is 72.8 Å². The van der Waals surface area contributed by atoms with Gasteiger partial charge in [-0.2, -0.15) is 0 Å². The van der Waals surface area contributed by atoms with Crippen molar-refractivity contribution in [1.82, 2.24) is 9.55 Å². The first-order valence-electron chi connectivity index (χ1n) is 12.8. The van der Waals surface area contributed by atoms with Crippen LogP contribution < -0.4 is 15.0 Å². The topological polar surface area (TPSA) is 73.6 Å². The lowest BCUT2D eigenvalue weighted by Gasteiger charge is -2.23. The van der Waals surface area contributed by atoms with Gasteiger partial charge >= 0.3 is 0 Å². The Bertz CT molecular complexity index is 1830. The molecule has 0 unspecified atom stereocenters. The van der Waals surface area contributed by atoms with E-state index in [0.29, 0.717) is 27.6 Å². The molecule has 0 spiro atoms. The predicted molar refractivity (Wildman–Crippen MR) is 153 cm³/mol. The molecule has 0 saturated heterocycles. The Kier molecular flexibility index (Phi) is 6.62. The van der Waals surface area contributed by atoms with Crippen LogP contribution in [-0.2, 0) is 6.54 Å². The molecule has 0 atom stereocenters. The van der Waals surface area contributed by atoms with Gasteiger partial charge in [0, 0.05) is 23.0 Å². The molecule has 0 bridgehead atoms. The third-order valence-electron chi connectivity index (χ3n) is 6.92. The Labute approximate surface area is 229 Å². The summed E-state index contributed by atoms with van der Waals surface area (Å²) in [6, 6.07) is 30.4. The Morgan fingerprint density at radius 1 is 0.850 bits per heavy atom. The van der Waals surface area contributed by atoms with Crippen LogP contribution in [0.2, 0.25) is 0 Å². The fourth-order valence-electron chi connectivity index (χ4n) is 5.03. The minimum absolute atomic E-state index is 0.0314. The number of hydrogen-bond acceptors (Lipinski definition) is 5. The van der Waals surface area contributed by atoms with E-state index < -0.39 is 11.7 Å². The molecule has 0 saturated carbocycles. The fraction of sp³-hybridized carbons (Fsp3) is 0.0909. The van der Waals surface area contributed by atoms with Crippen LogP contribution in [0, 0.1) is 5.82 Å². The Hall–Kier alpha value is -5.17.